The minimum absolute atomic E-state index is 0.126. The van der Waals surface area contributed by atoms with Crippen molar-refractivity contribution in [1.82, 2.24) is 0 Å². The third kappa shape index (κ3) is 4.12. The number of hydrogen-bond acceptors (Lipinski definition) is 3. The number of rotatable bonds is 6. The normalized spacial score (nSPS) is 12.9. The van der Waals surface area contributed by atoms with Crippen LogP contribution < -0.4 is 4.72 Å². The molecule has 23 heavy (non-hydrogen) atoms. The fourth-order valence-electron chi connectivity index (χ4n) is 2.29. The van der Waals surface area contributed by atoms with E-state index >= 15 is 0 Å². The molecular formula is C18H23NO3S. The van der Waals surface area contributed by atoms with Crippen molar-refractivity contribution in [3.8, 4) is 0 Å². The maximum absolute atomic E-state index is 12.5. The topological polar surface area (TPSA) is 66.4 Å². The Morgan fingerprint density at radius 1 is 1.13 bits per heavy atom. The summed E-state index contributed by atoms with van der Waals surface area (Å²) >= 11 is 0. The van der Waals surface area contributed by atoms with Crippen LogP contribution in [0.25, 0.3) is 0 Å². The van der Waals surface area contributed by atoms with Gasteiger partial charge >= 0.3 is 0 Å². The average molecular weight is 333 g/mol. The molecule has 0 saturated heterocycles. The Morgan fingerprint density at radius 3 is 2.35 bits per heavy atom. The fraction of sp³-hybridized carbons (Fsp3) is 0.333. The van der Waals surface area contributed by atoms with Crippen LogP contribution in [0.4, 0.5) is 5.69 Å². The highest BCUT2D eigenvalue weighted by Gasteiger charge is 2.16. The van der Waals surface area contributed by atoms with Crippen molar-refractivity contribution >= 4 is 15.7 Å². The zero-order valence-electron chi connectivity index (χ0n) is 13.7. The molecule has 0 aliphatic heterocycles. The summed E-state index contributed by atoms with van der Waals surface area (Å²) in [7, 11) is -3.64. The van der Waals surface area contributed by atoms with E-state index < -0.39 is 10.0 Å². The van der Waals surface area contributed by atoms with Crippen LogP contribution in [0.5, 0.6) is 0 Å². The monoisotopic (exact) mass is 333 g/mol. The lowest BCUT2D eigenvalue weighted by molar-refractivity contribution is 0.282. The number of aryl methyl sites for hydroxylation is 1. The van der Waals surface area contributed by atoms with Crippen LogP contribution >= 0.6 is 0 Å². The Hall–Kier alpha value is -1.85. The Balaban J connectivity index is 2.28. The van der Waals surface area contributed by atoms with E-state index in [2.05, 4.69) is 18.6 Å². The third-order valence-corrected chi connectivity index (χ3v) is 5.48. The molecule has 0 radical (unpaired) electrons. The molecule has 1 unspecified atom stereocenters. The van der Waals surface area contributed by atoms with E-state index in [0.29, 0.717) is 17.2 Å². The van der Waals surface area contributed by atoms with Crippen molar-refractivity contribution in [2.45, 2.75) is 44.6 Å². The summed E-state index contributed by atoms with van der Waals surface area (Å²) in [5.74, 6) is 0.406. The molecule has 0 amide bonds. The highest BCUT2D eigenvalue weighted by atomic mass is 32.2. The third-order valence-electron chi connectivity index (χ3n) is 4.10. The summed E-state index contributed by atoms with van der Waals surface area (Å²) in [6.07, 6.45) is 1.01. The smallest absolute Gasteiger partial charge is 0.261 e. The van der Waals surface area contributed by atoms with Crippen LogP contribution in [0.1, 0.15) is 42.9 Å². The summed E-state index contributed by atoms with van der Waals surface area (Å²) in [4.78, 5) is 0.235. The highest BCUT2D eigenvalue weighted by molar-refractivity contribution is 7.92. The van der Waals surface area contributed by atoms with Crippen LogP contribution in [0.3, 0.4) is 0 Å². The van der Waals surface area contributed by atoms with Gasteiger partial charge in [0.15, 0.2) is 0 Å². The van der Waals surface area contributed by atoms with Crippen molar-refractivity contribution in [3.63, 3.8) is 0 Å². The number of aliphatic hydroxyl groups is 1. The molecule has 0 saturated carbocycles. The van der Waals surface area contributed by atoms with Crippen LogP contribution in [0.2, 0.25) is 0 Å². The van der Waals surface area contributed by atoms with Gasteiger partial charge in [-0.15, -0.1) is 0 Å². The van der Waals surface area contributed by atoms with Gasteiger partial charge in [-0.2, -0.15) is 0 Å². The van der Waals surface area contributed by atoms with Gasteiger partial charge in [0.1, 0.15) is 0 Å². The van der Waals surface area contributed by atoms with E-state index in [9.17, 15) is 13.5 Å². The zero-order valence-corrected chi connectivity index (χ0v) is 14.5. The fourth-order valence-corrected chi connectivity index (χ4v) is 3.41. The second-order valence-corrected chi connectivity index (χ2v) is 7.47. The highest BCUT2D eigenvalue weighted by Crippen LogP contribution is 2.24. The van der Waals surface area contributed by atoms with Crippen molar-refractivity contribution in [1.29, 1.82) is 0 Å². The van der Waals surface area contributed by atoms with Crippen LogP contribution in [0.15, 0.2) is 47.4 Å². The molecule has 1 atom stereocenters. The molecule has 124 valence electrons. The summed E-state index contributed by atoms with van der Waals surface area (Å²) < 4.78 is 27.7. The molecule has 2 aromatic carbocycles. The summed E-state index contributed by atoms with van der Waals surface area (Å²) in [6, 6.07) is 12.2. The second-order valence-electron chi connectivity index (χ2n) is 5.79. The zero-order chi connectivity index (χ0) is 17.0. The van der Waals surface area contributed by atoms with E-state index in [4.69, 9.17) is 0 Å². The van der Waals surface area contributed by atoms with Crippen molar-refractivity contribution in [2.24, 2.45) is 0 Å². The lowest BCUT2D eigenvalue weighted by atomic mass is 9.99. The van der Waals surface area contributed by atoms with E-state index in [1.807, 2.05) is 19.1 Å². The first-order valence-corrected chi connectivity index (χ1v) is 9.19. The molecule has 0 aliphatic rings. The summed E-state index contributed by atoms with van der Waals surface area (Å²) in [5, 5.41) is 9.20. The Morgan fingerprint density at radius 2 is 1.78 bits per heavy atom. The average Bonchev–Trinajstić information content (AvgIpc) is 2.56. The largest absolute Gasteiger partial charge is 0.392 e. The first-order chi connectivity index (χ1) is 10.9. The molecule has 5 heteroatoms. The maximum Gasteiger partial charge on any atom is 0.261 e. The Labute approximate surface area is 138 Å². The predicted octanol–water partition coefficient (Wildman–Crippen LogP) is 3.80. The van der Waals surface area contributed by atoms with Gasteiger partial charge in [-0.1, -0.05) is 38.1 Å². The number of sulfonamides is 1. The van der Waals surface area contributed by atoms with Crippen LogP contribution in [-0.4, -0.2) is 13.5 Å². The van der Waals surface area contributed by atoms with Gasteiger partial charge < -0.3 is 5.11 Å². The van der Waals surface area contributed by atoms with Crippen molar-refractivity contribution < 1.29 is 13.5 Å². The lowest BCUT2D eigenvalue weighted by Gasteiger charge is -2.13. The Bertz CT molecular complexity index is 767. The van der Waals surface area contributed by atoms with Gasteiger partial charge in [0.05, 0.1) is 17.2 Å². The standard InChI is InChI=1S/C18H23NO3S/c1-4-13(2)16-7-9-17(10-8-16)23(21,22)19-18-11-15(12-20)6-5-14(18)3/h5-11,13,19-20H,4,12H2,1-3H3. The minimum Gasteiger partial charge on any atom is -0.392 e. The molecule has 0 fully saturated rings. The first kappa shape index (κ1) is 17.5. The second kappa shape index (κ2) is 7.15. The SMILES string of the molecule is CCC(C)c1ccc(S(=O)(=O)Nc2cc(CO)ccc2C)cc1. The Kier molecular flexibility index (Phi) is 5.44. The van der Waals surface area contributed by atoms with Gasteiger partial charge in [-0.05, 0) is 54.2 Å². The molecule has 4 nitrogen and oxygen atoms in total. The molecule has 0 aliphatic carbocycles. The van der Waals surface area contributed by atoms with Crippen molar-refractivity contribution in [2.75, 3.05) is 4.72 Å². The van der Waals surface area contributed by atoms with Gasteiger partial charge in [-0.25, -0.2) is 8.42 Å². The van der Waals surface area contributed by atoms with Gasteiger partial charge in [0.25, 0.3) is 10.0 Å². The molecule has 0 heterocycles. The molecule has 2 N–H and O–H groups in total. The molecule has 0 spiro atoms. The maximum atomic E-state index is 12.5. The molecule has 0 bridgehead atoms. The molecule has 0 aromatic heterocycles. The minimum atomic E-state index is -3.64. The number of benzene rings is 2. The summed E-state index contributed by atoms with van der Waals surface area (Å²) in [6.45, 7) is 5.92. The van der Waals surface area contributed by atoms with Gasteiger partial charge in [0, 0.05) is 0 Å². The number of anilines is 1. The quantitative estimate of drug-likeness (QED) is 0.845. The van der Waals surface area contributed by atoms with Gasteiger partial charge in [-0.3, -0.25) is 4.72 Å². The molecular weight excluding hydrogens is 310 g/mol. The van der Waals surface area contributed by atoms with Crippen LogP contribution in [-0.2, 0) is 16.6 Å². The van der Waals surface area contributed by atoms with E-state index in [-0.39, 0.29) is 11.5 Å². The van der Waals surface area contributed by atoms with E-state index in [0.717, 1.165) is 17.5 Å². The van der Waals surface area contributed by atoms with E-state index in [1.165, 1.54) is 0 Å². The lowest BCUT2D eigenvalue weighted by Crippen LogP contribution is -2.14. The number of hydrogen-bond donors (Lipinski definition) is 2. The van der Waals surface area contributed by atoms with Crippen LogP contribution in [0, 0.1) is 6.92 Å². The summed E-state index contributed by atoms with van der Waals surface area (Å²) in [5.41, 5.74) is 3.09. The number of nitrogens with one attached hydrogen (secondary N) is 1. The predicted molar refractivity (Wildman–Crippen MR) is 93.1 cm³/mol. The van der Waals surface area contributed by atoms with Crippen molar-refractivity contribution in [3.05, 3.63) is 59.2 Å². The molecule has 2 aromatic rings. The first-order valence-electron chi connectivity index (χ1n) is 7.70. The van der Waals surface area contributed by atoms with E-state index in [1.54, 1.807) is 30.3 Å². The number of aliphatic hydroxyl groups excluding tert-OH is 1. The molecule has 2 rings (SSSR count). The van der Waals surface area contributed by atoms with Gasteiger partial charge in [0.2, 0.25) is 0 Å².